The van der Waals surface area contributed by atoms with Crippen LogP contribution in [0.5, 0.6) is 11.5 Å². The number of rotatable bonds is 7. The van der Waals surface area contributed by atoms with Crippen LogP contribution < -0.4 is 4.74 Å². The highest BCUT2D eigenvalue weighted by molar-refractivity contribution is 7.89. The molecular formula is C18H21ClN2O4S. The number of phenols is 1. The van der Waals surface area contributed by atoms with Crippen LogP contribution in [0.2, 0.25) is 5.02 Å². The fourth-order valence-electron chi connectivity index (χ4n) is 2.41. The Bertz CT molecular complexity index is 909. The van der Waals surface area contributed by atoms with Gasteiger partial charge >= 0.3 is 0 Å². The summed E-state index contributed by atoms with van der Waals surface area (Å²) in [7, 11) is -2.14. The van der Waals surface area contributed by atoms with E-state index in [1.807, 2.05) is 0 Å². The number of aliphatic imine (C=N–C) groups is 1. The van der Waals surface area contributed by atoms with Gasteiger partial charge in [0.2, 0.25) is 10.0 Å². The molecule has 0 fully saturated rings. The highest BCUT2D eigenvalue weighted by atomic mass is 35.5. The molecule has 140 valence electrons. The first-order valence-corrected chi connectivity index (χ1v) is 9.86. The maximum absolute atomic E-state index is 12.7. The molecule has 1 N–H and O–H groups in total. The third-order valence-corrected chi connectivity index (χ3v) is 6.11. The Morgan fingerprint density at radius 1 is 1.19 bits per heavy atom. The Hall–Kier alpha value is -2.09. The summed E-state index contributed by atoms with van der Waals surface area (Å²) >= 11 is 5.93. The zero-order valence-corrected chi connectivity index (χ0v) is 16.4. The molecule has 0 aromatic heterocycles. The number of benzene rings is 2. The van der Waals surface area contributed by atoms with E-state index in [0.29, 0.717) is 35.1 Å². The molecule has 0 aliphatic carbocycles. The van der Waals surface area contributed by atoms with Gasteiger partial charge in [0.15, 0.2) is 0 Å². The molecule has 2 aromatic rings. The Kier molecular flexibility index (Phi) is 6.63. The van der Waals surface area contributed by atoms with Gasteiger partial charge in [0.1, 0.15) is 17.2 Å². The first kappa shape index (κ1) is 20.2. The van der Waals surface area contributed by atoms with Crippen LogP contribution in [0.1, 0.15) is 19.4 Å². The van der Waals surface area contributed by atoms with E-state index in [9.17, 15) is 13.5 Å². The van der Waals surface area contributed by atoms with Crippen molar-refractivity contribution in [2.45, 2.75) is 18.7 Å². The van der Waals surface area contributed by atoms with Crippen molar-refractivity contribution in [3.8, 4) is 11.5 Å². The number of nitrogens with zero attached hydrogens (tertiary/aromatic N) is 2. The van der Waals surface area contributed by atoms with Crippen molar-refractivity contribution >= 4 is 33.5 Å². The average molecular weight is 397 g/mol. The summed E-state index contributed by atoms with van der Waals surface area (Å²) in [4.78, 5) is 4.41. The SMILES string of the molecule is CCN(CC)S(=O)(=O)c1ccc(OC)c(N=Cc2cc(Cl)ccc2O)c1. The standard InChI is InChI=1S/C18H21ClN2O4S/c1-4-21(5-2)26(23,24)15-7-9-18(25-3)16(11-15)20-12-13-10-14(19)6-8-17(13)22/h6-12,22H,4-5H2,1-3H3. The maximum atomic E-state index is 12.7. The zero-order valence-electron chi connectivity index (χ0n) is 14.8. The lowest BCUT2D eigenvalue weighted by Gasteiger charge is -2.19. The van der Waals surface area contributed by atoms with Gasteiger partial charge in [0.05, 0.1) is 12.0 Å². The average Bonchev–Trinajstić information content (AvgIpc) is 2.63. The van der Waals surface area contributed by atoms with Gasteiger partial charge < -0.3 is 9.84 Å². The van der Waals surface area contributed by atoms with E-state index < -0.39 is 10.0 Å². The minimum Gasteiger partial charge on any atom is -0.507 e. The molecule has 0 aliphatic heterocycles. The molecule has 26 heavy (non-hydrogen) atoms. The number of ether oxygens (including phenoxy) is 1. The summed E-state index contributed by atoms with van der Waals surface area (Å²) in [5.41, 5.74) is 0.747. The van der Waals surface area contributed by atoms with Gasteiger partial charge in [-0.2, -0.15) is 4.31 Å². The normalized spacial score (nSPS) is 12.0. The number of phenolic OH excluding ortho intramolecular Hbond substituents is 1. The summed E-state index contributed by atoms with van der Waals surface area (Å²) in [5, 5.41) is 10.3. The van der Waals surface area contributed by atoms with Gasteiger partial charge in [-0.25, -0.2) is 8.42 Å². The highest BCUT2D eigenvalue weighted by Crippen LogP contribution is 2.31. The number of aromatic hydroxyl groups is 1. The number of methoxy groups -OCH3 is 1. The number of hydrogen-bond donors (Lipinski definition) is 1. The summed E-state index contributed by atoms with van der Waals surface area (Å²) in [6.07, 6.45) is 1.41. The lowest BCUT2D eigenvalue weighted by molar-refractivity contribution is 0.415. The van der Waals surface area contributed by atoms with E-state index in [4.69, 9.17) is 16.3 Å². The van der Waals surface area contributed by atoms with Crippen LogP contribution >= 0.6 is 11.6 Å². The molecule has 0 saturated heterocycles. The second kappa shape index (κ2) is 8.53. The molecule has 2 aromatic carbocycles. The quantitative estimate of drug-likeness (QED) is 0.721. The Balaban J connectivity index is 2.48. The molecule has 0 atom stereocenters. The first-order valence-electron chi connectivity index (χ1n) is 8.04. The van der Waals surface area contributed by atoms with Gasteiger partial charge in [-0.05, 0) is 36.4 Å². The lowest BCUT2D eigenvalue weighted by Crippen LogP contribution is -2.30. The van der Waals surface area contributed by atoms with Gasteiger partial charge in [-0.15, -0.1) is 0 Å². The Morgan fingerprint density at radius 2 is 1.88 bits per heavy atom. The lowest BCUT2D eigenvalue weighted by atomic mass is 10.2. The van der Waals surface area contributed by atoms with Crippen molar-refractivity contribution in [1.82, 2.24) is 4.31 Å². The summed E-state index contributed by atoms with van der Waals surface area (Å²) in [5.74, 6) is 0.435. The van der Waals surface area contributed by atoms with Gasteiger partial charge in [-0.1, -0.05) is 25.4 Å². The fraction of sp³-hybridized carbons (Fsp3) is 0.278. The van der Waals surface area contributed by atoms with Gasteiger partial charge in [-0.3, -0.25) is 4.99 Å². The van der Waals surface area contributed by atoms with Crippen LogP contribution in [0, 0.1) is 0 Å². The smallest absolute Gasteiger partial charge is 0.243 e. The van der Waals surface area contributed by atoms with Crippen LogP contribution in [-0.4, -0.2) is 44.2 Å². The molecular weight excluding hydrogens is 376 g/mol. The van der Waals surface area contributed by atoms with Crippen molar-refractivity contribution in [3.05, 3.63) is 47.0 Å². The van der Waals surface area contributed by atoms with E-state index in [2.05, 4.69) is 4.99 Å². The largest absolute Gasteiger partial charge is 0.507 e. The van der Waals surface area contributed by atoms with E-state index >= 15 is 0 Å². The van der Waals surface area contributed by atoms with Crippen LogP contribution in [0.25, 0.3) is 0 Å². The van der Waals surface area contributed by atoms with Crippen LogP contribution in [0.3, 0.4) is 0 Å². The molecule has 0 unspecified atom stereocenters. The second-order valence-electron chi connectivity index (χ2n) is 5.38. The van der Waals surface area contributed by atoms with E-state index in [-0.39, 0.29) is 10.6 Å². The van der Waals surface area contributed by atoms with Crippen LogP contribution in [-0.2, 0) is 10.0 Å². The van der Waals surface area contributed by atoms with Crippen LogP contribution in [0.15, 0.2) is 46.3 Å². The number of hydrogen-bond acceptors (Lipinski definition) is 5. The number of sulfonamides is 1. The van der Waals surface area contributed by atoms with Crippen LogP contribution in [0.4, 0.5) is 5.69 Å². The van der Waals surface area contributed by atoms with E-state index in [1.165, 1.54) is 35.8 Å². The molecule has 0 heterocycles. The van der Waals surface area contributed by atoms with Crippen molar-refractivity contribution in [3.63, 3.8) is 0 Å². The third kappa shape index (κ3) is 4.35. The zero-order chi connectivity index (χ0) is 19.3. The molecule has 2 rings (SSSR count). The second-order valence-corrected chi connectivity index (χ2v) is 7.76. The van der Waals surface area contributed by atoms with Crippen molar-refractivity contribution in [1.29, 1.82) is 0 Å². The van der Waals surface area contributed by atoms with Crippen molar-refractivity contribution < 1.29 is 18.3 Å². The summed E-state index contributed by atoms with van der Waals surface area (Å²) in [6.45, 7) is 4.32. The molecule has 0 aliphatic rings. The van der Waals surface area contributed by atoms with Crippen molar-refractivity contribution in [2.75, 3.05) is 20.2 Å². The molecule has 0 spiro atoms. The highest BCUT2D eigenvalue weighted by Gasteiger charge is 2.22. The molecule has 8 heteroatoms. The topological polar surface area (TPSA) is 79.2 Å². The molecule has 0 amide bonds. The summed E-state index contributed by atoms with van der Waals surface area (Å²) in [6, 6.07) is 9.07. The predicted octanol–water partition coefficient (Wildman–Crippen LogP) is 3.84. The fourth-order valence-corrected chi connectivity index (χ4v) is 4.07. The Morgan fingerprint density at radius 3 is 2.50 bits per heavy atom. The van der Waals surface area contributed by atoms with E-state index in [0.717, 1.165) is 0 Å². The third-order valence-electron chi connectivity index (χ3n) is 3.83. The molecule has 0 radical (unpaired) electrons. The first-order chi connectivity index (χ1) is 12.3. The molecule has 6 nitrogen and oxygen atoms in total. The maximum Gasteiger partial charge on any atom is 0.243 e. The Labute approximate surface area is 158 Å². The number of halogens is 1. The minimum absolute atomic E-state index is 0.0176. The minimum atomic E-state index is -3.61. The van der Waals surface area contributed by atoms with Gasteiger partial charge in [0.25, 0.3) is 0 Å². The van der Waals surface area contributed by atoms with Crippen molar-refractivity contribution in [2.24, 2.45) is 4.99 Å². The monoisotopic (exact) mass is 396 g/mol. The molecule has 0 bridgehead atoms. The molecule has 0 saturated carbocycles. The predicted molar refractivity (Wildman–Crippen MR) is 103 cm³/mol. The summed E-state index contributed by atoms with van der Waals surface area (Å²) < 4.78 is 32.0. The van der Waals surface area contributed by atoms with E-state index in [1.54, 1.807) is 32.0 Å². The van der Waals surface area contributed by atoms with Gasteiger partial charge in [0, 0.05) is 29.9 Å².